The number of carbonyl (C=O) groups is 1. The fourth-order valence-electron chi connectivity index (χ4n) is 1.80. The van der Waals surface area contributed by atoms with E-state index in [2.05, 4.69) is 19.2 Å². The Morgan fingerprint density at radius 3 is 2.67 bits per heavy atom. The number of piperidine rings is 1. The number of ether oxygens (including phenoxy) is 1. The molecular formula is C9H17NO2. The highest BCUT2D eigenvalue weighted by atomic mass is 16.5. The number of rotatable bonds is 1. The standard InChI is InChI=1S/C9H17NO2/c1-6-4-7(2)10-5-8(6)9(11)12-3/h6-8,10H,4-5H2,1-3H3. The fraction of sp³-hybridized carbons (Fsp3) is 0.889. The fourth-order valence-corrected chi connectivity index (χ4v) is 1.80. The maximum Gasteiger partial charge on any atom is 0.310 e. The number of methoxy groups -OCH3 is 1. The van der Waals surface area contributed by atoms with Crippen LogP contribution < -0.4 is 5.32 Å². The van der Waals surface area contributed by atoms with Crippen LogP contribution in [0.3, 0.4) is 0 Å². The van der Waals surface area contributed by atoms with Crippen molar-refractivity contribution in [1.29, 1.82) is 0 Å². The van der Waals surface area contributed by atoms with Crippen molar-refractivity contribution in [2.45, 2.75) is 26.3 Å². The summed E-state index contributed by atoms with van der Waals surface area (Å²) in [5, 5.41) is 3.28. The van der Waals surface area contributed by atoms with Gasteiger partial charge in [-0.05, 0) is 19.3 Å². The Labute approximate surface area is 73.5 Å². The molecule has 3 unspecified atom stereocenters. The highest BCUT2D eigenvalue weighted by molar-refractivity contribution is 5.73. The molecule has 12 heavy (non-hydrogen) atoms. The molecule has 1 aliphatic rings. The van der Waals surface area contributed by atoms with Gasteiger partial charge in [0.2, 0.25) is 0 Å². The van der Waals surface area contributed by atoms with Crippen molar-refractivity contribution < 1.29 is 9.53 Å². The maximum atomic E-state index is 11.2. The van der Waals surface area contributed by atoms with Crippen LogP contribution in [0.4, 0.5) is 0 Å². The van der Waals surface area contributed by atoms with Gasteiger partial charge in [0.05, 0.1) is 13.0 Å². The second-order valence-corrected chi connectivity index (χ2v) is 3.65. The smallest absolute Gasteiger partial charge is 0.310 e. The summed E-state index contributed by atoms with van der Waals surface area (Å²) in [6.07, 6.45) is 1.06. The molecule has 1 aliphatic heterocycles. The average molecular weight is 171 g/mol. The van der Waals surface area contributed by atoms with Crippen LogP contribution in [-0.4, -0.2) is 25.7 Å². The zero-order valence-electron chi connectivity index (χ0n) is 7.96. The molecule has 0 aromatic carbocycles. The minimum Gasteiger partial charge on any atom is -0.469 e. The topological polar surface area (TPSA) is 38.3 Å². The summed E-state index contributed by atoms with van der Waals surface area (Å²) >= 11 is 0. The molecule has 0 spiro atoms. The molecular weight excluding hydrogens is 154 g/mol. The van der Waals surface area contributed by atoms with Gasteiger partial charge in [0.1, 0.15) is 0 Å². The molecule has 0 bridgehead atoms. The van der Waals surface area contributed by atoms with Crippen molar-refractivity contribution in [3.63, 3.8) is 0 Å². The molecule has 1 rings (SSSR count). The van der Waals surface area contributed by atoms with Gasteiger partial charge in [-0.2, -0.15) is 0 Å². The van der Waals surface area contributed by atoms with Gasteiger partial charge in [-0.1, -0.05) is 6.92 Å². The van der Waals surface area contributed by atoms with Crippen LogP contribution in [0, 0.1) is 11.8 Å². The summed E-state index contributed by atoms with van der Waals surface area (Å²) in [5.74, 6) is 0.404. The van der Waals surface area contributed by atoms with Crippen molar-refractivity contribution in [1.82, 2.24) is 5.32 Å². The van der Waals surface area contributed by atoms with Crippen molar-refractivity contribution in [3.05, 3.63) is 0 Å². The van der Waals surface area contributed by atoms with Crippen LogP contribution in [0.1, 0.15) is 20.3 Å². The van der Waals surface area contributed by atoms with Gasteiger partial charge in [-0.3, -0.25) is 4.79 Å². The maximum absolute atomic E-state index is 11.2. The summed E-state index contributed by atoms with van der Waals surface area (Å²) in [4.78, 5) is 11.2. The van der Waals surface area contributed by atoms with Gasteiger partial charge in [0.25, 0.3) is 0 Å². The van der Waals surface area contributed by atoms with Crippen LogP contribution in [0.2, 0.25) is 0 Å². The second-order valence-electron chi connectivity index (χ2n) is 3.65. The average Bonchev–Trinajstić information content (AvgIpc) is 2.03. The Balaban J connectivity index is 2.50. The Kier molecular flexibility index (Phi) is 3.09. The molecule has 0 aromatic rings. The third-order valence-electron chi connectivity index (χ3n) is 2.60. The van der Waals surface area contributed by atoms with E-state index in [1.54, 1.807) is 0 Å². The summed E-state index contributed by atoms with van der Waals surface area (Å²) in [6, 6.07) is 0.529. The zero-order valence-corrected chi connectivity index (χ0v) is 7.96. The highest BCUT2D eigenvalue weighted by Crippen LogP contribution is 2.22. The molecule has 1 N–H and O–H groups in total. The normalized spacial score (nSPS) is 36.1. The molecule has 3 nitrogen and oxygen atoms in total. The quantitative estimate of drug-likeness (QED) is 0.593. The summed E-state index contributed by atoms with van der Waals surface area (Å²) in [7, 11) is 1.45. The SMILES string of the molecule is COC(=O)C1CNC(C)CC1C. The minimum absolute atomic E-state index is 0.0474. The molecule has 1 heterocycles. The Hall–Kier alpha value is -0.570. The van der Waals surface area contributed by atoms with Gasteiger partial charge in [0.15, 0.2) is 0 Å². The second kappa shape index (κ2) is 3.90. The Morgan fingerprint density at radius 1 is 1.50 bits per heavy atom. The first kappa shape index (κ1) is 9.52. The molecule has 0 radical (unpaired) electrons. The first-order valence-electron chi connectivity index (χ1n) is 4.46. The van der Waals surface area contributed by atoms with Crippen LogP contribution >= 0.6 is 0 Å². The van der Waals surface area contributed by atoms with E-state index in [-0.39, 0.29) is 11.9 Å². The predicted molar refractivity (Wildman–Crippen MR) is 46.8 cm³/mol. The first-order chi connectivity index (χ1) is 5.65. The van der Waals surface area contributed by atoms with Crippen molar-refractivity contribution in [2.75, 3.05) is 13.7 Å². The number of nitrogens with one attached hydrogen (secondary N) is 1. The predicted octanol–water partition coefficient (Wildman–Crippen LogP) is 0.793. The number of hydrogen-bond acceptors (Lipinski definition) is 3. The molecule has 3 atom stereocenters. The van der Waals surface area contributed by atoms with E-state index in [1.807, 2.05) is 0 Å². The molecule has 0 saturated carbocycles. The van der Waals surface area contributed by atoms with Crippen molar-refractivity contribution in [3.8, 4) is 0 Å². The molecule has 1 saturated heterocycles. The van der Waals surface area contributed by atoms with Gasteiger partial charge in [-0.25, -0.2) is 0 Å². The largest absolute Gasteiger partial charge is 0.469 e. The molecule has 1 fully saturated rings. The van der Waals surface area contributed by atoms with E-state index in [4.69, 9.17) is 4.74 Å². The van der Waals surface area contributed by atoms with Crippen LogP contribution in [0.5, 0.6) is 0 Å². The molecule has 3 heteroatoms. The number of hydrogen-bond donors (Lipinski definition) is 1. The van der Waals surface area contributed by atoms with Gasteiger partial charge < -0.3 is 10.1 Å². The highest BCUT2D eigenvalue weighted by Gasteiger charge is 2.30. The number of esters is 1. The minimum atomic E-state index is -0.0816. The van der Waals surface area contributed by atoms with E-state index < -0.39 is 0 Å². The Bertz CT molecular complexity index is 170. The lowest BCUT2D eigenvalue weighted by atomic mass is 9.85. The van der Waals surface area contributed by atoms with Crippen molar-refractivity contribution in [2.24, 2.45) is 11.8 Å². The summed E-state index contributed by atoms with van der Waals surface area (Å²) in [5.41, 5.74) is 0. The Morgan fingerprint density at radius 2 is 2.17 bits per heavy atom. The van der Waals surface area contributed by atoms with Gasteiger partial charge in [0, 0.05) is 12.6 Å². The van der Waals surface area contributed by atoms with E-state index in [9.17, 15) is 4.79 Å². The third kappa shape index (κ3) is 1.97. The molecule has 0 aromatic heterocycles. The first-order valence-corrected chi connectivity index (χ1v) is 4.46. The molecule has 70 valence electrons. The lowest BCUT2D eigenvalue weighted by molar-refractivity contribution is -0.148. The van der Waals surface area contributed by atoms with Gasteiger partial charge >= 0.3 is 5.97 Å². The van der Waals surface area contributed by atoms with Crippen LogP contribution in [-0.2, 0) is 9.53 Å². The van der Waals surface area contributed by atoms with E-state index in [0.29, 0.717) is 12.0 Å². The van der Waals surface area contributed by atoms with Crippen LogP contribution in [0.15, 0.2) is 0 Å². The monoisotopic (exact) mass is 171 g/mol. The van der Waals surface area contributed by atoms with E-state index in [1.165, 1.54) is 7.11 Å². The third-order valence-corrected chi connectivity index (χ3v) is 2.60. The summed E-state index contributed by atoms with van der Waals surface area (Å²) < 4.78 is 4.72. The van der Waals surface area contributed by atoms with Gasteiger partial charge in [-0.15, -0.1) is 0 Å². The van der Waals surface area contributed by atoms with Crippen molar-refractivity contribution >= 4 is 5.97 Å². The molecule has 0 amide bonds. The lowest BCUT2D eigenvalue weighted by Crippen LogP contribution is -2.44. The number of carbonyl (C=O) groups excluding carboxylic acids is 1. The van der Waals surface area contributed by atoms with E-state index in [0.717, 1.165) is 13.0 Å². The van der Waals surface area contributed by atoms with E-state index >= 15 is 0 Å². The van der Waals surface area contributed by atoms with Crippen LogP contribution in [0.25, 0.3) is 0 Å². The zero-order chi connectivity index (χ0) is 9.14. The molecule has 0 aliphatic carbocycles. The summed E-state index contributed by atoms with van der Waals surface area (Å²) in [6.45, 7) is 5.01. The lowest BCUT2D eigenvalue weighted by Gasteiger charge is -2.31.